The van der Waals surface area contributed by atoms with Crippen molar-refractivity contribution in [2.45, 2.75) is 19.6 Å². The van der Waals surface area contributed by atoms with Gasteiger partial charge < -0.3 is 24.6 Å². The summed E-state index contributed by atoms with van der Waals surface area (Å²) in [6.45, 7) is 7.93. The molecule has 3 aromatic rings. The standard InChI is InChI=1S/C30H34F4N6O3/c1-3-43-27-18-23(30(32,33)34)28(37-36-27)29(41)35-25-17-21(5-7-26(25)40-10-8-38(2)9-11-40)22-16-20(4-6-24(22)31)19-39-12-14-42-15-13-39/h4-7,16-18H,3,8-15,19H2,1-2H3,(H,35,41). The second-order valence-corrected chi connectivity index (χ2v) is 10.6. The number of ether oxygens (including phenoxy) is 2. The molecule has 0 aliphatic carbocycles. The predicted molar refractivity (Wildman–Crippen MR) is 154 cm³/mol. The third kappa shape index (κ3) is 7.40. The Labute approximate surface area is 247 Å². The highest BCUT2D eigenvalue weighted by Gasteiger charge is 2.38. The third-order valence-corrected chi connectivity index (χ3v) is 7.52. The van der Waals surface area contributed by atoms with Crippen LogP contribution in [0.15, 0.2) is 42.5 Å². The van der Waals surface area contributed by atoms with Gasteiger partial charge in [0.25, 0.3) is 5.91 Å². The van der Waals surface area contributed by atoms with Crippen LogP contribution in [-0.4, -0.2) is 92.0 Å². The maximum atomic E-state index is 15.2. The molecule has 0 atom stereocenters. The number of rotatable bonds is 8. The number of nitrogens with zero attached hydrogens (tertiary/aromatic N) is 5. The fraction of sp³-hybridized carbons (Fsp3) is 0.433. The monoisotopic (exact) mass is 602 g/mol. The van der Waals surface area contributed by atoms with Crippen molar-refractivity contribution in [3.05, 3.63) is 65.1 Å². The Morgan fingerprint density at radius 3 is 2.44 bits per heavy atom. The van der Waals surface area contributed by atoms with Crippen LogP contribution in [0.25, 0.3) is 11.1 Å². The smallest absolute Gasteiger partial charge is 0.418 e. The van der Waals surface area contributed by atoms with Crippen molar-refractivity contribution in [1.82, 2.24) is 20.0 Å². The van der Waals surface area contributed by atoms with Gasteiger partial charge in [-0.15, -0.1) is 10.2 Å². The Balaban J connectivity index is 1.50. The first kappa shape index (κ1) is 30.6. The van der Waals surface area contributed by atoms with Crippen LogP contribution in [0.2, 0.25) is 0 Å². The Morgan fingerprint density at radius 2 is 1.74 bits per heavy atom. The van der Waals surface area contributed by atoms with Crippen LogP contribution >= 0.6 is 0 Å². The minimum absolute atomic E-state index is 0.0862. The molecule has 0 bridgehead atoms. The van der Waals surface area contributed by atoms with Gasteiger partial charge in [-0.2, -0.15) is 13.2 Å². The van der Waals surface area contributed by atoms with E-state index in [-0.39, 0.29) is 18.2 Å². The average Bonchev–Trinajstić information content (AvgIpc) is 2.99. The van der Waals surface area contributed by atoms with Crippen molar-refractivity contribution >= 4 is 17.3 Å². The summed E-state index contributed by atoms with van der Waals surface area (Å²) >= 11 is 0. The van der Waals surface area contributed by atoms with Crippen molar-refractivity contribution in [3.8, 4) is 17.0 Å². The molecule has 2 aromatic carbocycles. The molecule has 2 aliphatic heterocycles. The van der Waals surface area contributed by atoms with Crippen LogP contribution in [0.3, 0.4) is 0 Å². The van der Waals surface area contributed by atoms with Crippen LogP contribution in [0.5, 0.6) is 5.88 Å². The molecule has 0 unspecified atom stereocenters. The molecule has 1 aromatic heterocycles. The number of hydrogen-bond acceptors (Lipinski definition) is 8. The van der Waals surface area contributed by atoms with Gasteiger partial charge in [0.2, 0.25) is 5.88 Å². The molecular weight excluding hydrogens is 568 g/mol. The summed E-state index contributed by atoms with van der Waals surface area (Å²) < 4.78 is 67.5. The van der Waals surface area contributed by atoms with Crippen LogP contribution in [-0.2, 0) is 17.5 Å². The number of morpholine rings is 1. The molecule has 2 saturated heterocycles. The van der Waals surface area contributed by atoms with Crippen molar-refractivity contribution < 1.29 is 31.8 Å². The van der Waals surface area contributed by atoms with E-state index in [2.05, 4.69) is 25.3 Å². The molecule has 0 spiro atoms. The molecule has 0 saturated carbocycles. The molecule has 230 valence electrons. The Bertz CT molecular complexity index is 1440. The van der Waals surface area contributed by atoms with Gasteiger partial charge in [0.1, 0.15) is 5.82 Å². The topological polar surface area (TPSA) is 83.1 Å². The molecule has 3 heterocycles. The van der Waals surface area contributed by atoms with Crippen LogP contribution < -0.4 is 15.0 Å². The number of likely N-dealkylation sites (N-methyl/N-ethyl adjacent to an activating group) is 1. The van der Waals surface area contributed by atoms with E-state index in [9.17, 15) is 18.0 Å². The quantitative estimate of drug-likeness (QED) is 0.377. The molecule has 13 heteroatoms. The van der Waals surface area contributed by atoms with Gasteiger partial charge in [0.15, 0.2) is 5.69 Å². The lowest BCUT2D eigenvalue weighted by molar-refractivity contribution is -0.138. The first-order valence-corrected chi connectivity index (χ1v) is 14.2. The zero-order valence-corrected chi connectivity index (χ0v) is 24.1. The number of amides is 1. The summed E-state index contributed by atoms with van der Waals surface area (Å²) in [5, 5.41) is 9.85. The summed E-state index contributed by atoms with van der Waals surface area (Å²) in [7, 11) is 2.00. The third-order valence-electron chi connectivity index (χ3n) is 7.52. The summed E-state index contributed by atoms with van der Waals surface area (Å²) in [5.74, 6) is -1.87. The number of aromatic nitrogens is 2. The van der Waals surface area contributed by atoms with Gasteiger partial charge in [-0.3, -0.25) is 9.69 Å². The average molecular weight is 603 g/mol. The SMILES string of the molecule is CCOc1cc(C(F)(F)F)c(C(=O)Nc2cc(-c3cc(CN4CCOCC4)ccc3F)ccc2N2CCN(C)CC2)nn1. The minimum atomic E-state index is -4.87. The molecule has 5 rings (SSSR count). The fourth-order valence-electron chi connectivity index (χ4n) is 5.19. The summed E-state index contributed by atoms with van der Waals surface area (Å²) in [4.78, 5) is 19.8. The van der Waals surface area contributed by atoms with E-state index in [0.717, 1.165) is 31.7 Å². The Morgan fingerprint density at radius 1 is 1.00 bits per heavy atom. The van der Waals surface area contributed by atoms with E-state index in [4.69, 9.17) is 9.47 Å². The van der Waals surface area contributed by atoms with Gasteiger partial charge >= 0.3 is 6.18 Å². The number of alkyl halides is 3. The number of hydrogen-bond donors (Lipinski definition) is 1. The van der Waals surface area contributed by atoms with E-state index >= 15 is 4.39 Å². The van der Waals surface area contributed by atoms with Crippen molar-refractivity contribution in [3.63, 3.8) is 0 Å². The number of benzene rings is 2. The zero-order chi connectivity index (χ0) is 30.6. The van der Waals surface area contributed by atoms with Crippen molar-refractivity contribution in [2.24, 2.45) is 0 Å². The van der Waals surface area contributed by atoms with Gasteiger partial charge in [-0.1, -0.05) is 12.1 Å². The van der Waals surface area contributed by atoms with E-state index in [1.807, 2.05) is 11.9 Å². The Hall–Kier alpha value is -3.81. The molecule has 43 heavy (non-hydrogen) atoms. The minimum Gasteiger partial charge on any atom is -0.477 e. The second-order valence-electron chi connectivity index (χ2n) is 10.6. The van der Waals surface area contributed by atoms with E-state index in [0.29, 0.717) is 55.7 Å². The highest BCUT2D eigenvalue weighted by molar-refractivity contribution is 6.06. The molecule has 1 N–H and O–H groups in total. The second kappa shape index (κ2) is 13.2. The van der Waals surface area contributed by atoms with Crippen LogP contribution in [0.1, 0.15) is 28.5 Å². The van der Waals surface area contributed by atoms with Crippen molar-refractivity contribution in [2.75, 3.05) is 76.4 Å². The first-order chi connectivity index (χ1) is 20.6. The highest BCUT2D eigenvalue weighted by Crippen LogP contribution is 2.36. The number of piperazine rings is 1. The zero-order valence-electron chi connectivity index (χ0n) is 24.1. The van der Waals surface area contributed by atoms with E-state index < -0.39 is 29.2 Å². The number of carbonyl (C=O) groups excluding carboxylic acids is 1. The van der Waals surface area contributed by atoms with Gasteiger partial charge in [0.05, 0.1) is 36.8 Å². The molecular formula is C30H34F4N6O3. The number of anilines is 2. The summed E-state index contributed by atoms with van der Waals surface area (Å²) in [6.07, 6.45) is -4.87. The van der Waals surface area contributed by atoms with Crippen LogP contribution in [0, 0.1) is 5.82 Å². The maximum Gasteiger partial charge on any atom is 0.418 e. The summed E-state index contributed by atoms with van der Waals surface area (Å²) in [6, 6.07) is 10.7. The predicted octanol–water partition coefficient (Wildman–Crippen LogP) is 4.54. The van der Waals surface area contributed by atoms with Crippen molar-refractivity contribution in [1.29, 1.82) is 0 Å². The first-order valence-electron chi connectivity index (χ1n) is 14.2. The molecule has 2 aliphatic rings. The molecule has 9 nitrogen and oxygen atoms in total. The highest BCUT2D eigenvalue weighted by atomic mass is 19.4. The number of halogens is 4. The normalized spacial score (nSPS) is 16.7. The van der Waals surface area contributed by atoms with E-state index in [1.165, 1.54) is 6.07 Å². The molecule has 2 fully saturated rings. The number of nitrogens with one attached hydrogen (secondary N) is 1. The molecule has 1 amide bonds. The lowest BCUT2D eigenvalue weighted by atomic mass is 10.00. The maximum absolute atomic E-state index is 15.2. The van der Waals surface area contributed by atoms with Gasteiger partial charge in [0, 0.05) is 57.4 Å². The fourth-order valence-corrected chi connectivity index (χ4v) is 5.19. The van der Waals surface area contributed by atoms with Crippen LogP contribution in [0.4, 0.5) is 28.9 Å². The van der Waals surface area contributed by atoms with Gasteiger partial charge in [-0.05, 0) is 49.4 Å². The van der Waals surface area contributed by atoms with Gasteiger partial charge in [-0.25, -0.2) is 4.39 Å². The lowest BCUT2D eigenvalue weighted by Crippen LogP contribution is -2.44. The molecule has 0 radical (unpaired) electrons. The van der Waals surface area contributed by atoms with E-state index in [1.54, 1.807) is 37.3 Å². The summed E-state index contributed by atoms with van der Waals surface area (Å²) in [5.41, 5.74) is 0.418. The lowest BCUT2D eigenvalue weighted by Gasteiger charge is -2.35. The Kier molecular flexibility index (Phi) is 9.43. The largest absolute Gasteiger partial charge is 0.477 e. The number of carbonyl (C=O) groups is 1.